The molecule has 0 radical (unpaired) electrons. The van der Waals surface area contributed by atoms with E-state index in [4.69, 9.17) is 9.47 Å². The summed E-state index contributed by atoms with van der Waals surface area (Å²) in [6.45, 7) is 11.0. The summed E-state index contributed by atoms with van der Waals surface area (Å²) in [7, 11) is 0. The van der Waals surface area contributed by atoms with Crippen molar-refractivity contribution in [2.45, 2.75) is 79.6 Å². The number of unbranched alkanes of at least 4 members (excludes halogenated alkanes) is 4. The summed E-state index contributed by atoms with van der Waals surface area (Å²) < 4.78 is 10.5. The lowest BCUT2D eigenvalue weighted by molar-refractivity contribution is -0.156. The molecule has 0 saturated carbocycles. The van der Waals surface area contributed by atoms with Gasteiger partial charge in [0.25, 0.3) is 0 Å². The zero-order valence-corrected chi connectivity index (χ0v) is 15.7. The average molecular weight is 328 g/mol. The molecule has 0 aromatic rings. The minimum atomic E-state index is -0.366. The van der Waals surface area contributed by atoms with Crippen LogP contribution in [0, 0.1) is 17.8 Å². The van der Waals surface area contributed by atoms with Gasteiger partial charge in [0.2, 0.25) is 0 Å². The highest BCUT2D eigenvalue weighted by Crippen LogP contribution is 2.18. The summed E-state index contributed by atoms with van der Waals surface area (Å²) in [5.41, 5.74) is 0. The van der Waals surface area contributed by atoms with Gasteiger partial charge in [0.1, 0.15) is 0 Å². The first-order valence-corrected chi connectivity index (χ1v) is 9.19. The quantitative estimate of drug-likeness (QED) is 0.361. The van der Waals surface area contributed by atoms with Crippen LogP contribution >= 0.6 is 0 Å². The van der Waals surface area contributed by atoms with Crippen molar-refractivity contribution in [2.24, 2.45) is 17.8 Å². The molecule has 1 atom stereocenters. The van der Waals surface area contributed by atoms with Crippen LogP contribution in [0.5, 0.6) is 0 Å². The van der Waals surface area contributed by atoms with Gasteiger partial charge in [-0.2, -0.15) is 0 Å². The molecular weight excluding hydrogens is 292 g/mol. The van der Waals surface area contributed by atoms with E-state index in [-0.39, 0.29) is 24.3 Å². The van der Waals surface area contributed by atoms with Crippen molar-refractivity contribution in [3.8, 4) is 0 Å². The Balaban J connectivity index is 4.35. The highest BCUT2D eigenvalue weighted by molar-refractivity contribution is 5.79. The van der Waals surface area contributed by atoms with Gasteiger partial charge in [-0.3, -0.25) is 9.59 Å². The molecule has 136 valence electrons. The largest absolute Gasteiger partial charge is 0.465 e. The predicted octanol–water partition coefficient (Wildman–Crippen LogP) is 4.75. The fraction of sp³-hybridized carbons (Fsp3) is 0.895. The summed E-state index contributed by atoms with van der Waals surface area (Å²) in [6.07, 6.45) is 6.50. The molecule has 0 rings (SSSR count). The van der Waals surface area contributed by atoms with Crippen LogP contribution < -0.4 is 0 Å². The molecule has 0 aromatic heterocycles. The molecule has 23 heavy (non-hydrogen) atoms. The lowest BCUT2D eigenvalue weighted by Crippen LogP contribution is -2.24. The molecule has 0 heterocycles. The number of carbonyl (C=O) groups is 2. The smallest absolute Gasteiger partial charge is 0.309 e. The summed E-state index contributed by atoms with van der Waals surface area (Å²) in [4.78, 5) is 24.1. The Morgan fingerprint density at radius 2 is 1.39 bits per heavy atom. The van der Waals surface area contributed by atoms with E-state index in [2.05, 4.69) is 6.92 Å². The SMILES string of the molecule is CCCCCCCC(CC(=O)OCC(C)C)C(=O)OCC(C)C. The normalized spacial score (nSPS) is 12.5. The van der Waals surface area contributed by atoms with Gasteiger partial charge in [0.15, 0.2) is 0 Å². The summed E-state index contributed by atoms with van der Waals surface area (Å²) >= 11 is 0. The van der Waals surface area contributed by atoms with Crippen molar-refractivity contribution in [3.05, 3.63) is 0 Å². The van der Waals surface area contributed by atoms with Crippen LogP contribution in [0.15, 0.2) is 0 Å². The fourth-order valence-corrected chi connectivity index (χ4v) is 2.18. The first-order valence-electron chi connectivity index (χ1n) is 9.19. The third kappa shape index (κ3) is 13.1. The number of rotatable bonds is 13. The molecule has 0 fully saturated rings. The van der Waals surface area contributed by atoms with Gasteiger partial charge in [0, 0.05) is 0 Å². The molecule has 0 bridgehead atoms. The van der Waals surface area contributed by atoms with Crippen molar-refractivity contribution in [1.29, 1.82) is 0 Å². The Bertz CT molecular complexity index is 323. The van der Waals surface area contributed by atoms with Gasteiger partial charge in [-0.15, -0.1) is 0 Å². The van der Waals surface area contributed by atoms with Crippen molar-refractivity contribution in [2.75, 3.05) is 13.2 Å². The van der Waals surface area contributed by atoms with Crippen LogP contribution in [0.3, 0.4) is 0 Å². The Labute approximate surface area is 142 Å². The number of carbonyl (C=O) groups excluding carboxylic acids is 2. The number of ether oxygens (including phenoxy) is 2. The third-order valence-corrected chi connectivity index (χ3v) is 3.54. The Morgan fingerprint density at radius 3 is 1.96 bits per heavy atom. The molecule has 0 saturated heterocycles. The third-order valence-electron chi connectivity index (χ3n) is 3.54. The number of hydrogen-bond donors (Lipinski definition) is 0. The second-order valence-electron chi connectivity index (χ2n) is 7.20. The fourth-order valence-electron chi connectivity index (χ4n) is 2.18. The van der Waals surface area contributed by atoms with Crippen LogP contribution in [0.25, 0.3) is 0 Å². The van der Waals surface area contributed by atoms with Gasteiger partial charge < -0.3 is 9.47 Å². The predicted molar refractivity (Wildman–Crippen MR) is 93.1 cm³/mol. The molecular formula is C19H36O4. The van der Waals surface area contributed by atoms with Crippen molar-refractivity contribution < 1.29 is 19.1 Å². The molecule has 0 aliphatic heterocycles. The highest BCUT2D eigenvalue weighted by Gasteiger charge is 2.24. The van der Waals surface area contributed by atoms with E-state index in [1.165, 1.54) is 19.3 Å². The van der Waals surface area contributed by atoms with E-state index in [0.717, 1.165) is 12.8 Å². The Hall–Kier alpha value is -1.06. The Kier molecular flexibility index (Phi) is 12.8. The molecule has 0 amide bonds. The second-order valence-corrected chi connectivity index (χ2v) is 7.20. The van der Waals surface area contributed by atoms with Crippen LogP contribution in [0.1, 0.15) is 79.6 Å². The summed E-state index contributed by atoms with van der Waals surface area (Å²) in [6, 6.07) is 0. The molecule has 0 aliphatic carbocycles. The highest BCUT2D eigenvalue weighted by atomic mass is 16.5. The van der Waals surface area contributed by atoms with E-state index >= 15 is 0 Å². The standard InChI is InChI=1S/C19H36O4/c1-6-7-8-9-10-11-17(19(21)23-14-16(4)5)12-18(20)22-13-15(2)3/h15-17H,6-14H2,1-5H3. The second kappa shape index (κ2) is 13.4. The topological polar surface area (TPSA) is 52.6 Å². The lowest BCUT2D eigenvalue weighted by Gasteiger charge is -2.17. The van der Waals surface area contributed by atoms with Gasteiger partial charge >= 0.3 is 11.9 Å². The monoisotopic (exact) mass is 328 g/mol. The van der Waals surface area contributed by atoms with E-state index in [0.29, 0.717) is 31.5 Å². The van der Waals surface area contributed by atoms with E-state index < -0.39 is 0 Å². The van der Waals surface area contributed by atoms with Crippen LogP contribution in [0.2, 0.25) is 0 Å². The zero-order chi connectivity index (χ0) is 17.7. The van der Waals surface area contributed by atoms with Crippen LogP contribution in [0.4, 0.5) is 0 Å². The van der Waals surface area contributed by atoms with Crippen LogP contribution in [-0.4, -0.2) is 25.2 Å². The summed E-state index contributed by atoms with van der Waals surface area (Å²) in [5, 5.41) is 0. The maximum atomic E-state index is 12.2. The molecule has 0 aliphatic rings. The first kappa shape index (κ1) is 21.9. The van der Waals surface area contributed by atoms with Crippen molar-refractivity contribution >= 4 is 11.9 Å². The van der Waals surface area contributed by atoms with E-state index in [1.54, 1.807) is 0 Å². The molecule has 4 heteroatoms. The van der Waals surface area contributed by atoms with Gasteiger partial charge in [-0.1, -0.05) is 66.7 Å². The van der Waals surface area contributed by atoms with Gasteiger partial charge in [-0.25, -0.2) is 0 Å². The Morgan fingerprint density at radius 1 is 0.826 bits per heavy atom. The molecule has 0 aromatic carbocycles. The van der Waals surface area contributed by atoms with Crippen molar-refractivity contribution in [3.63, 3.8) is 0 Å². The van der Waals surface area contributed by atoms with Gasteiger partial charge in [0.05, 0.1) is 25.6 Å². The van der Waals surface area contributed by atoms with E-state index in [9.17, 15) is 9.59 Å². The van der Waals surface area contributed by atoms with Gasteiger partial charge in [-0.05, 0) is 18.3 Å². The maximum Gasteiger partial charge on any atom is 0.309 e. The van der Waals surface area contributed by atoms with E-state index in [1.807, 2.05) is 27.7 Å². The van der Waals surface area contributed by atoms with Crippen LogP contribution in [-0.2, 0) is 19.1 Å². The summed E-state index contributed by atoms with van der Waals surface area (Å²) in [5.74, 6) is -0.305. The molecule has 4 nitrogen and oxygen atoms in total. The first-order chi connectivity index (χ1) is 10.9. The number of esters is 2. The molecule has 0 N–H and O–H groups in total. The minimum Gasteiger partial charge on any atom is -0.465 e. The average Bonchev–Trinajstić information content (AvgIpc) is 2.49. The van der Waals surface area contributed by atoms with Crippen molar-refractivity contribution in [1.82, 2.24) is 0 Å². The zero-order valence-electron chi connectivity index (χ0n) is 15.7. The lowest BCUT2D eigenvalue weighted by atomic mass is 9.97. The maximum absolute atomic E-state index is 12.2. The number of hydrogen-bond acceptors (Lipinski definition) is 4. The minimum absolute atomic E-state index is 0.136. The molecule has 1 unspecified atom stereocenters. The molecule has 0 spiro atoms.